The minimum atomic E-state index is -0.915. The molecule has 0 spiro atoms. The largest absolute Gasteiger partial charge is 0.493 e. The summed E-state index contributed by atoms with van der Waals surface area (Å²) in [4.78, 5) is 24.2. The topological polar surface area (TPSA) is 73.9 Å². The van der Waals surface area contributed by atoms with E-state index in [1.54, 1.807) is 50.6 Å². The van der Waals surface area contributed by atoms with Crippen molar-refractivity contribution in [2.45, 2.75) is 25.9 Å². The van der Waals surface area contributed by atoms with Gasteiger partial charge in [-0.3, -0.25) is 9.59 Å². The molecule has 0 aliphatic rings. The van der Waals surface area contributed by atoms with Crippen LogP contribution in [0.25, 0.3) is 0 Å². The van der Waals surface area contributed by atoms with E-state index >= 15 is 0 Å². The Kier molecular flexibility index (Phi) is 7.49. The summed E-state index contributed by atoms with van der Waals surface area (Å²) < 4.78 is 15.6. The van der Waals surface area contributed by atoms with Crippen LogP contribution in [-0.2, 0) is 20.7 Å². The number of ether oxygens (including phenoxy) is 3. The lowest BCUT2D eigenvalue weighted by molar-refractivity contribution is -0.153. The second-order valence-corrected chi connectivity index (χ2v) is 6.26. The zero-order valence-electron chi connectivity index (χ0n) is 15.5. The number of hydrogen-bond acceptors (Lipinski definition) is 5. The average molecular weight is 392 g/mol. The van der Waals surface area contributed by atoms with Crippen LogP contribution >= 0.6 is 11.6 Å². The fraction of sp³-hybridized carbons (Fsp3) is 0.300. The van der Waals surface area contributed by atoms with Crippen LogP contribution in [0.2, 0.25) is 5.02 Å². The van der Waals surface area contributed by atoms with Gasteiger partial charge < -0.3 is 19.5 Å². The van der Waals surface area contributed by atoms with Crippen molar-refractivity contribution >= 4 is 29.2 Å². The Bertz CT molecular complexity index is 809. The van der Waals surface area contributed by atoms with Crippen molar-refractivity contribution in [2.75, 3.05) is 19.5 Å². The fourth-order valence-electron chi connectivity index (χ4n) is 2.40. The second kappa shape index (κ2) is 9.83. The van der Waals surface area contributed by atoms with Crippen LogP contribution in [0.3, 0.4) is 0 Å². The summed E-state index contributed by atoms with van der Waals surface area (Å²) in [6, 6.07) is 12.2. The van der Waals surface area contributed by atoms with Gasteiger partial charge in [0.05, 0.1) is 14.2 Å². The Hall–Kier alpha value is -2.73. The van der Waals surface area contributed by atoms with Crippen LogP contribution in [0.1, 0.15) is 18.9 Å². The van der Waals surface area contributed by atoms with Gasteiger partial charge in [0.2, 0.25) is 0 Å². The molecule has 7 heteroatoms. The summed E-state index contributed by atoms with van der Waals surface area (Å²) in [6.45, 7) is 1.52. The standard InChI is InChI=1S/C20H22ClNO5/c1-13(20(24)22-16-6-4-5-15(21)12-16)27-19(23)10-8-14-7-9-17(25-2)18(11-14)26-3/h4-7,9,11-13H,8,10H2,1-3H3,(H,22,24)/t13-/m0/s1. The predicted octanol–water partition coefficient (Wildman–Crippen LogP) is 3.86. The maximum absolute atomic E-state index is 12.1. The first kappa shape index (κ1) is 20.6. The molecule has 0 aliphatic carbocycles. The van der Waals surface area contributed by atoms with Gasteiger partial charge in [0.15, 0.2) is 17.6 Å². The number of anilines is 1. The SMILES string of the molecule is COc1ccc(CCC(=O)O[C@@H](C)C(=O)Nc2cccc(Cl)c2)cc1OC. The highest BCUT2D eigenvalue weighted by Gasteiger charge is 2.18. The third-order valence-corrected chi connectivity index (χ3v) is 4.07. The maximum Gasteiger partial charge on any atom is 0.306 e. The summed E-state index contributed by atoms with van der Waals surface area (Å²) in [5, 5.41) is 3.17. The number of nitrogens with one attached hydrogen (secondary N) is 1. The van der Waals surface area contributed by atoms with Gasteiger partial charge in [-0.15, -0.1) is 0 Å². The summed E-state index contributed by atoms with van der Waals surface area (Å²) in [6.07, 6.45) is -0.312. The van der Waals surface area contributed by atoms with Gasteiger partial charge in [-0.2, -0.15) is 0 Å². The van der Waals surface area contributed by atoms with Crippen molar-refractivity contribution in [3.8, 4) is 11.5 Å². The number of amides is 1. The van der Waals surface area contributed by atoms with Crippen LogP contribution in [0.15, 0.2) is 42.5 Å². The molecule has 0 unspecified atom stereocenters. The quantitative estimate of drug-likeness (QED) is 0.691. The monoisotopic (exact) mass is 391 g/mol. The molecule has 2 aromatic rings. The van der Waals surface area contributed by atoms with Gasteiger partial charge >= 0.3 is 5.97 Å². The molecule has 1 amide bonds. The lowest BCUT2D eigenvalue weighted by atomic mass is 10.1. The van der Waals surface area contributed by atoms with E-state index in [0.29, 0.717) is 28.6 Å². The normalized spacial score (nSPS) is 11.4. The first-order valence-corrected chi connectivity index (χ1v) is 8.77. The van der Waals surface area contributed by atoms with Crippen molar-refractivity contribution in [3.05, 3.63) is 53.1 Å². The van der Waals surface area contributed by atoms with Gasteiger partial charge in [-0.25, -0.2) is 0 Å². The van der Waals surface area contributed by atoms with Crippen molar-refractivity contribution in [1.29, 1.82) is 0 Å². The third kappa shape index (κ3) is 6.18. The van der Waals surface area contributed by atoms with Gasteiger partial charge in [0, 0.05) is 17.1 Å². The van der Waals surface area contributed by atoms with Gasteiger partial charge in [-0.05, 0) is 49.2 Å². The molecule has 2 aromatic carbocycles. The second-order valence-electron chi connectivity index (χ2n) is 5.82. The summed E-state index contributed by atoms with van der Waals surface area (Å²) in [5.41, 5.74) is 1.45. The van der Waals surface area contributed by atoms with E-state index in [2.05, 4.69) is 5.32 Å². The first-order chi connectivity index (χ1) is 12.9. The Labute approximate surface area is 163 Å². The molecule has 0 aliphatic heterocycles. The van der Waals surface area contributed by atoms with Crippen molar-refractivity contribution in [1.82, 2.24) is 0 Å². The molecule has 0 saturated heterocycles. The molecule has 0 fully saturated rings. The van der Waals surface area contributed by atoms with Gasteiger partial charge in [0.25, 0.3) is 5.91 Å². The zero-order chi connectivity index (χ0) is 19.8. The van der Waals surface area contributed by atoms with E-state index in [4.69, 9.17) is 25.8 Å². The average Bonchev–Trinajstić information content (AvgIpc) is 2.66. The molecule has 1 N–H and O–H groups in total. The number of methoxy groups -OCH3 is 2. The first-order valence-electron chi connectivity index (χ1n) is 8.39. The number of carbonyl (C=O) groups is 2. The van der Waals surface area contributed by atoms with E-state index in [1.807, 2.05) is 6.07 Å². The molecule has 144 valence electrons. The third-order valence-electron chi connectivity index (χ3n) is 3.84. The van der Waals surface area contributed by atoms with Gasteiger partial charge in [0.1, 0.15) is 0 Å². The smallest absolute Gasteiger partial charge is 0.306 e. The van der Waals surface area contributed by atoms with E-state index in [-0.39, 0.29) is 6.42 Å². The highest BCUT2D eigenvalue weighted by Crippen LogP contribution is 2.28. The van der Waals surface area contributed by atoms with Crippen molar-refractivity contribution in [2.24, 2.45) is 0 Å². The molecule has 6 nitrogen and oxygen atoms in total. The zero-order valence-corrected chi connectivity index (χ0v) is 16.2. The van der Waals surface area contributed by atoms with Crippen LogP contribution in [0.4, 0.5) is 5.69 Å². The van der Waals surface area contributed by atoms with E-state index in [9.17, 15) is 9.59 Å². The maximum atomic E-state index is 12.1. The Morgan fingerprint density at radius 3 is 2.48 bits per heavy atom. The molecular formula is C20H22ClNO5. The minimum Gasteiger partial charge on any atom is -0.493 e. The fourth-order valence-corrected chi connectivity index (χ4v) is 2.59. The Morgan fingerprint density at radius 2 is 1.81 bits per heavy atom. The van der Waals surface area contributed by atoms with Crippen LogP contribution in [0.5, 0.6) is 11.5 Å². The van der Waals surface area contributed by atoms with Gasteiger partial charge in [-0.1, -0.05) is 23.7 Å². The molecule has 0 aromatic heterocycles. The van der Waals surface area contributed by atoms with Crippen LogP contribution in [0, 0.1) is 0 Å². The molecule has 1 atom stereocenters. The molecule has 2 rings (SSSR count). The number of aryl methyl sites for hydroxylation is 1. The van der Waals surface area contributed by atoms with Crippen LogP contribution < -0.4 is 14.8 Å². The molecule has 27 heavy (non-hydrogen) atoms. The van der Waals surface area contributed by atoms with Crippen molar-refractivity contribution < 1.29 is 23.8 Å². The molecule has 0 bridgehead atoms. The summed E-state index contributed by atoms with van der Waals surface area (Å²) >= 11 is 5.88. The minimum absolute atomic E-state index is 0.143. The molecule has 0 saturated carbocycles. The lowest BCUT2D eigenvalue weighted by Crippen LogP contribution is -2.30. The lowest BCUT2D eigenvalue weighted by Gasteiger charge is -2.14. The van der Waals surface area contributed by atoms with E-state index < -0.39 is 18.0 Å². The Balaban J connectivity index is 1.85. The highest BCUT2D eigenvalue weighted by molar-refractivity contribution is 6.30. The number of benzene rings is 2. The number of rotatable bonds is 8. The van der Waals surface area contributed by atoms with E-state index in [1.165, 1.54) is 6.92 Å². The van der Waals surface area contributed by atoms with Crippen LogP contribution in [-0.4, -0.2) is 32.2 Å². The number of hydrogen-bond donors (Lipinski definition) is 1. The highest BCUT2D eigenvalue weighted by atomic mass is 35.5. The molecule has 0 heterocycles. The summed E-state index contributed by atoms with van der Waals surface area (Å²) in [7, 11) is 3.11. The molecule has 0 radical (unpaired) electrons. The summed E-state index contributed by atoms with van der Waals surface area (Å²) in [5.74, 6) is 0.336. The van der Waals surface area contributed by atoms with E-state index in [0.717, 1.165) is 5.56 Å². The number of halogens is 1. The predicted molar refractivity (Wildman–Crippen MR) is 104 cm³/mol. The number of carbonyl (C=O) groups excluding carboxylic acids is 2. The van der Waals surface area contributed by atoms with Crippen molar-refractivity contribution in [3.63, 3.8) is 0 Å². The molecular weight excluding hydrogens is 370 g/mol. The Morgan fingerprint density at radius 1 is 1.07 bits per heavy atom. The number of esters is 1.